The SMILES string of the molecule is COC1(OC)CCC1OCc1ccccc1. The third-order valence-electron chi connectivity index (χ3n) is 3.23. The van der Waals surface area contributed by atoms with E-state index in [2.05, 4.69) is 12.1 Å². The summed E-state index contributed by atoms with van der Waals surface area (Å²) in [5, 5.41) is 0. The zero-order valence-corrected chi connectivity index (χ0v) is 9.81. The van der Waals surface area contributed by atoms with Crippen LogP contribution < -0.4 is 0 Å². The van der Waals surface area contributed by atoms with Crippen LogP contribution in [0.1, 0.15) is 18.4 Å². The molecule has 0 amide bonds. The van der Waals surface area contributed by atoms with E-state index in [0.717, 1.165) is 12.8 Å². The monoisotopic (exact) mass is 222 g/mol. The first-order valence-electron chi connectivity index (χ1n) is 5.56. The van der Waals surface area contributed by atoms with Crippen LogP contribution in [0.5, 0.6) is 0 Å². The molecule has 1 unspecified atom stereocenters. The van der Waals surface area contributed by atoms with Gasteiger partial charge in [-0.25, -0.2) is 0 Å². The van der Waals surface area contributed by atoms with E-state index in [0.29, 0.717) is 6.61 Å². The number of methoxy groups -OCH3 is 2. The van der Waals surface area contributed by atoms with Crippen molar-refractivity contribution >= 4 is 0 Å². The zero-order valence-electron chi connectivity index (χ0n) is 9.81. The molecule has 3 nitrogen and oxygen atoms in total. The molecule has 0 radical (unpaired) electrons. The summed E-state index contributed by atoms with van der Waals surface area (Å²) in [5.41, 5.74) is 1.18. The van der Waals surface area contributed by atoms with Crippen molar-refractivity contribution in [3.05, 3.63) is 35.9 Å². The van der Waals surface area contributed by atoms with Crippen molar-refractivity contribution < 1.29 is 14.2 Å². The van der Waals surface area contributed by atoms with Gasteiger partial charge in [0, 0.05) is 20.6 Å². The molecule has 3 heteroatoms. The summed E-state index contributed by atoms with van der Waals surface area (Å²) in [6.45, 7) is 0.611. The van der Waals surface area contributed by atoms with Crippen LogP contribution >= 0.6 is 0 Å². The van der Waals surface area contributed by atoms with Gasteiger partial charge in [-0.15, -0.1) is 0 Å². The minimum absolute atomic E-state index is 0.0442. The van der Waals surface area contributed by atoms with Gasteiger partial charge in [0.25, 0.3) is 0 Å². The van der Waals surface area contributed by atoms with E-state index in [1.165, 1.54) is 5.56 Å². The minimum Gasteiger partial charge on any atom is -0.368 e. The molecule has 0 spiro atoms. The first kappa shape index (κ1) is 11.6. The van der Waals surface area contributed by atoms with E-state index in [4.69, 9.17) is 14.2 Å². The van der Waals surface area contributed by atoms with Gasteiger partial charge < -0.3 is 14.2 Å². The van der Waals surface area contributed by atoms with Crippen molar-refractivity contribution in [1.82, 2.24) is 0 Å². The summed E-state index contributed by atoms with van der Waals surface area (Å²) in [7, 11) is 3.34. The van der Waals surface area contributed by atoms with Gasteiger partial charge >= 0.3 is 0 Å². The van der Waals surface area contributed by atoms with Gasteiger partial charge in [0.05, 0.1) is 6.61 Å². The molecule has 1 aliphatic carbocycles. The predicted molar refractivity (Wildman–Crippen MR) is 61.0 cm³/mol. The third-order valence-corrected chi connectivity index (χ3v) is 3.23. The Kier molecular flexibility index (Phi) is 3.59. The topological polar surface area (TPSA) is 27.7 Å². The Bertz CT molecular complexity index is 314. The second-order valence-corrected chi connectivity index (χ2v) is 4.04. The maximum Gasteiger partial charge on any atom is 0.194 e. The number of ether oxygens (including phenoxy) is 3. The number of hydrogen-bond acceptors (Lipinski definition) is 3. The van der Waals surface area contributed by atoms with E-state index in [-0.39, 0.29) is 6.10 Å². The Morgan fingerprint density at radius 3 is 2.38 bits per heavy atom. The molecule has 88 valence electrons. The van der Waals surface area contributed by atoms with Crippen molar-refractivity contribution in [2.45, 2.75) is 31.3 Å². The lowest BCUT2D eigenvalue weighted by Crippen LogP contribution is -2.55. The van der Waals surface area contributed by atoms with Crippen molar-refractivity contribution in [3.8, 4) is 0 Å². The fourth-order valence-electron chi connectivity index (χ4n) is 2.03. The van der Waals surface area contributed by atoms with Gasteiger partial charge in [-0.2, -0.15) is 0 Å². The fourth-order valence-corrected chi connectivity index (χ4v) is 2.03. The molecule has 0 bridgehead atoms. The summed E-state index contributed by atoms with van der Waals surface area (Å²) in [6, 6.07) is 10.1. The van der Waals surface area contributed by atoms with Gasteiger partial charge in [-0.3, -0.25) is 0 Å². The molecule has 1 fully saturated rings. The Morgan fingerprint density at radius 1 is 1.19 bits per heavy atom. The first-order chi connectivity index (χ1) is 7.80. The van der Waals surface area contributed by atoms with Gasteiger partial charge in [0.15, 0.2) is 5.79 Å². The number of rotatable bonds is 5. The van der Waals surface area contributed by atoms with Crippen LogP contribution in [0.15, 0.2) is 30.3 Å². The molecule has 1 saturated carbocycles. The zero-order chi connectivity index (χ0) is 11.4. The van der Waals surface area contributed by atoms with E-state index in [1.807, 2.05) is 18.2 Å². The van der Waals surface area contributed by atoms with E-state index < -0.39 is 5.79 Å². The highest BCUT2D eigenvalue weighted by Crippen LogP contribution is 2.38. The standard InChI is InChI=1S/C13H18O3/c1-14-13(15-2)9-8-12(13)16-10-11-6-4-3-5-7-11/h3-7,12H,8-10H2,1-2H3. The summed E-state index contributed by atoms with van der Waals surface area (Å²) in [4.78, 5) is 0. The summed E-state index contributed by atoms with van der Waals surface area (Å²) >= 11 is 0. The van der Waals surface area contributed by atoms with Crippen LogP contribution in [0.25, 0.3) is 0 Å². The molecule has 16 heavy (non-hydrogen) atoms. The Labute approximate surface area is 96.3 Å². The summed E-state index contributed by atoms with van der Waals surface area (Å²) in [5.74, 6) is -0.519. The highest BCUT2D eigenvalue weighted by Gasteiger charge is 2.48. The largest absolute Gasteiger partial charge is 0.368 e. The molecule has 1 aliphatic rings. The normalized spacial score (nSPS) is 22.8. The molecule has 0 aliphatic heterocycles. The predicted octanol–water partition coefficient (Wildman–Crippen LogP) is 2.35. The quantitative estimate of drug-likeness (QED) is 0.716. The average molecular weight is 222 g/mol. The fraction of sp³-hybridized carbons (Fsp3) is 0.538. The number of hydrogen-bond donors (Lipinski definition) is 0. The second-order valence-electron chi connectivity index (χ2n) is 4.04. The van der Waals surface area contributed by atoms with Crippen molar-refractivity contribution in [3.63, 3.8) is 0 Å². The smallest absolute Gasteiger partial charge is 0.194 e. The van der Waals surface area contributed by atoms with E-state index in [1.54, 1.807) is 14.2 Å². The maximum atomic E-state index is 5.81. The summed E-state index contributed by atoms with van der Waals surface area (Å²) in [6.07, 6.45) is 1.94. The van der Waals surface area contributed by atoms with E-state index in [9.17, 15) is 0 Å². The highest BCUT2D eigenvalue weighted by atomic mass is 16.7. The average Bonchev–Trinajstić information content (AvgIpc) is 2.31. The van der Waals surface area contributed by atoms with Crippen LogP contribution in [0.2, 0.25) is 0 Å². The molecule has 0 aromatic heterocycles. The van der Waals surface area contributed by atoms with Crippen LogP contribution in [0.4, 0.5) is 0 Å². The molecule has 1 atom stereocenters. The van der Waals surface area contributed by atoms with Gasteiger partial charge in [0.1, 0.15) is 6.10 Å². The third kappa shape index (κ3) is 2.12. The van der Waals surface area contributed by atoms with Crippen molar-refractivity contribution in [2.75, 3.05) is 14.2 Å². The lowest BCUT2D eigenvalue weighted by molar-refractivity contribution is -0.318. The maximum absolute atomic E-state index is 5.81. The number of benzene rings is 1. The summed E-state index contributed by atoms with van der Waals surface area (Å²) < 4.78 is 16.6. The second kappa shape index (κ2) is 4.95. The first-order valence-corrected chi connectivity index (χ1v) is 5.56. The van der Waals surface area contributed by atoms with Crippen LogP contribution in [-0.4, -0.2) is 26.1 Å². The Balaban J connectivity index is 1.87. The lowest BCUT2D eigenvalue weighted by Gasteiger charge is -2.46. The highest BCUT2D eigenvalue weighted by molar-refractivity contribution is 5.13. The molecular weight excluding hydrogens is 204 g/mol. The molecular formula is C13H18O3. The van der Waals surface area contributed by atoms with Gasteiger partial charge in [-0.1, -0.05) is 30.3 Å². The van der Waals surface area contributed by atoms with Crippen molar-refractivity contribution in [1.29, 1.82) is 0 Å². The molecule has 1 aromatic carbocycles. The molecule has 0 N–H and O–H groups in total. The molecule has 0 saturated heterocycles. The Hall–Kier alpha value is -0.900. The minimum atomic E-state index is -0.519. The van der Waals surface area contributed by atoms with Crippen LogP contribution in [0, 0.1) is 0 Å². The van der Waals surface area contributed by atoms with Gasteiger partial charge in [0.2, 0.25) is 0 Å². The van der Waals surface area contributed by atoms with E-state index >= 15 is 0 Å². The molecule has 0 heterocycles. The Morgan fingerprint density at radius 2 is 1.88 bits per heavy atom. The molecule has 2 rings (SSSR count). The molecule has 1 aromatic rings. The van der Waals surface area contributed by atoms with Crippen LogP contribution in [-0.2, 0) is 20.8 Å². The van der Waals surface area contributed by atoms with Crippen LogP contribution in [0.3, 0.4) is 0 Å². The van der Waals surface area contributed by atoms with Crippen molar-refractivity contribution in [2.24, 2.45) is 0 Å². The lowest BCUT2D eigenvalue weighted by atomic mass is 9.87. The van der Waals surface area contributed by atoms with Gasteiger partial charge in [-0.05, 0) is 12.0 Å².